The van der Waals surface area contributed by atoms with E-state index in [0.29, 0.717) is 0 Å². The minimum atomic E-state index is -0.926. The molecule has 7 nitrogen and oxygen atoms in total. The van der Waals surface area contributed by atoms with E-state index in [-0.39, 0.29) is 22.6 Å². The van der Waals surface area contributed by atoms with Crippen LogP contribution in [0.3, 0.4) is 0 Å². The molecule has 1 fully saturated rings. The summed E-state index contributed by atoms with van der Waals surface area (Å²) >= 11 is 0. The first-order valence-corrected chi connectivity index (χ1v) is 9.10. The van der Waals surface area contributed by atoms with Crippen molar-refractivity contribution in [1.29, 1.82) is 0 Å². The second-order valence-corrected chi connectivity index (χ2v) is 6.35. The van der Waals surface area contributed by atoms with Crippen LogP contribution in [-0.4, -0.2) is 36.0 Å². The van der Waals surface area contributed by atoms with Gasteiger partial charge in [0.05, 0.1) is 5.69 Å². The average Bonchev–Trinajstić information content (AvgIpc) is 2.69. The fourth-order valence-corrected chi connectivity index (χ4v) is 3.08. The molecule has 1 heterocycles. The number of phenolic OH excluding ortho intramolecular Hbond substituents is 1. The molecule has 1 aliphatic rings. The van der Waals surface area contributed by atoms with Gasteiger partial charge in [0, 0.05) is 30.4 Å². The molecule has 2 aromatic rings. The minimum Gasteiger partial charge on any atom is -0.507 e. The Kier molecular flexibility index (Phi) is 5.63. The molecule has 0 bridgehead atoms. The Hall–Kier alpha value is -3.68. The van der Waals surface area contributed by atoms with Crippen LogP contribution in [0.2, 0.25) is 0 Å². The Morgan fingerprint density at radius 3 is 2.31 bits per heavy atom. The van der Waals surface area contributed by atoms with E-state index in [2.05, 4.69) is 5.32 Å². The lowest BCUT2D eigenvalue weighted by Crippen LogP contribution is -2.54. The predicted octanol–water partition coefficient (Wildman–Crippen LogP) is 3.04. The van der Waals surface area contributed by atoms with Crippen LogP contribution in [0.4, 0.5) is 20.6 Å². The number of rotatable bonds is 5. The number of anilines is 2. The molecule has 2 aromatic carbocycles. The highest BCUT2D eigenvalue weighted by atomic mass is 19.1. The number of carbonyl (C=O) groups is 3. The van der Waals surface area contributed by atoms with Crippen molar-refractivity contribution in [3.63, 3.8) is 0 Å². The smallest absolute Gasteiger partial charge is 0.335 e. The predicted molar refractivity (Wildman–Crippen MR) is 107 cm³/mol. The Morgan fingerprint density at radius 2 is 1.72 bits per heavy atom. The van der Waals surface area contributed by atoms with Gasteiger partial charge in [0.1, 0.15) is 17.1 Å². The first-order valence-electron chi connectivity index (χ1n) is 9.10. The van der Waals surface area contributed by atoms with Gasteiger partial charge in [-0.2, -0.15) is 0 Å². The van der Waals surface area contributed by atoms with E-state index in [1.165, 1.54) is 18.2 Å². The highest BCUT2D eigenvalue weighted by Gasteiger charge is 2.36. The molecule has 3 rings (SSSR count). The summed E-state index contributed by atoms with van der Waals surface area (Å²) in [5.74, 6) is -2.36. The summed E-state index contributed by atoms with van der Waals surface area (Å²) in [6, 6.07) is 8.72. The fraction of sp³-hybridized carbons (Fsp3) is 0.190. The Morgan fingerprint density at radius 1 is 1.07 bits per heavy atom. The standard InChI is InChI=1S/C21H20FN3O4/c1-3-24(4-2)16-8-5-13(18(26)12-16)11-17-19(27)23-21(29)25(20(17)28)15-9-6-14(22)7-10-15/h5-12,26H,3-4H2,1-2H3,(H,23,27,29)/b17-11-. The van der Waals surface area contributed by atoms with Crippen LogP contribution in [0, 0.1) is 5.82 Å². The molecule has 1 saturated heterocycles. The Labute approximate surface area is 167 Å². The van der Waals surface area contributed by atoms with Gasteiger partial charge in [0.25, 0.3) is 11.8 Å². The van der Waals surface area contributed by atoms with E-state index in [0.717, 1.165) is 35.8 Å². The van der Waals surface area contributed by atoms with Crippen LogP contribution in [0.5, 0.6) is 5.75 Å². The quantitative estimate of drug-likeness (QED) is 0.598. The van der Waals surface area contributed by atoms with Crippen molar-refractivity contribution in [3.8, 4) is 5.75 Å². The summed E-state index contributed by atoms with van der Waals surface area (Å²) < 4.78 is 13.2. The minimum absolute atomic E-state index is 0.104. The van der Waals surface area contributed by atoms with Crippen molar-refractivity contribution in [2.45, 2.75) is 13.8 Å². The largest absolute Gasteiger partial charge is 0.507 e. The van der Waals surface area contributed by atoms with Gasteiger partial charge >= 0.3 is 6.03 Å². The summed E-state index contributed by atoms with van der Waals surface area (Å²) in [7, 11) is 0. The number of halogens is 1. The lowest BCUT2D eigenvalue weighted by molar-refractivity contribution is -0.122. The maximum atomic E-state index is 13.2. The van der Waals surface area contributed by atoms with Gasteiger partial charge < -0.3 is 10.0 Å². The normalized spacial score (nSPS) is 15.6. The molecular weight excluding hydrogens is 377 g/mol. The molecule has 0 saturated carbocycles. The van der Waals surface area contributed by atoms with Crippen LogP contribution >= 0.6 is 0 Å². The van der Waals surface area contributed by atoms with Crippen LogP contribution < -0.4 is 15.1 Å². The van der Waals surface area contributed by atoms with E-state index in [1.807, 2.05) is 18.7 Å². The number of nitrogens with one attached hydrogen (secondary N) is 1. The number of barbiturate groups is 1. The van der Waals surface area contributed by atoms with Gasteiger partial charge in [-0.1, -0.05) is 0 Å². The molecule has 8 heteroatoms. The van der Waals surface area contributed by atoms with Crippen molar-refractivity contribution in [3.05, 3.63) is 59.4 Å². The van der Waals surface area contributed by atoms with Crippen molar-refractivity contribution in [2.24, 2.45) is 0 Å². The number of aromatic hydroxyl groups is 1. The summed E-state index contributed by atoms with van der Waals surface area (Å²) in [5, 5.41) is 12.4. The maximum absolute atomic E-state index is 13.2. The zero-order chi connectivity index (χ0) is 21.1. The van der Waals surface area contributed by atoms with Gasteiger partial charge in [-0.3, -0.25) is 14.9 Å². The van der Waals surface area contributed by atoms with E-state index < -0.39 is 23.7 Å². The number of hydrogen-bond acceptors (Lipinski definition) is 5. The van der Waals surface area contributed by atoms with E-state index in [1.54, 1.807) is 18.2 Å². The second kappa shape index (κ2) is 8.14. The Balaban J connectivity index is 1.97. The molecule has 0 unspecified atom stereocenters. The topological polar surface area (TPSA) is 90.0 Å². The number of amides is 4. The van der Waals surface area contributed by atoms with Crippen molar-refractivity contribution in [2.75, 3.05) is 22.9 Å². The van der Waals surface area contributed by atoms with E-state index in [9.17, 15) is 23.9 Å². The van der Waals surface area contributed by atoms with Crippen LogP contribution in [-0.2, 0) is 9.59 Å². The van der Waals surface area contributed by atoms with Crippen LogP contribution in [0.25, 0.3) is 6.08 Å². The highest BCUT2D eigenvalue weighted by Crippen LogP contribution is 2.28. The van der Waals surface area contributed by atoms with Crippen molar-refractivity contribution < 1.29 is 23.9 Å². The number of nitrogens with zero attached hydrogens (tertiary/aromatic N) is 2. The monoisotopic (exact) mass is 397 g/mol. The number of hydrogen-bond donors (Lipinski definition) is 2. The van der Waals surface area contributed by atoms with Gasteiger partial charge in [0.15, 0.2) is 0 Å². The third-order valence-corrected chi connectivity index (χ3v) is 4.63. The Bertz CT molecular complexity index is 997. The number of carbonyl (C=O) groups excluding carboxylic acids is 3. The van der Waals surface area contributed by atoms with Gasteiger partial charge in [-0.25, -0.2) is 14.1 Å². The molecule has 0 aromatic heterocycles. The number of imide groups is 2. The molecule has 29 heavy (non-hydrogen) atoms. The highest BCUT2D eigenvalue weighted by molar-refractivity contribution is 6.39. The SMILES string of the molecule is CCN(CC)c1ccc(/C=C2/C(=O)NC(=O)N(c3ccc(F)cc3)C2=O)c(O)c1. The number of phenols is 1. The summed E-state index contributed by atoms with van der Waals surface area (Å²) in [4.78, 5) is 40.0. The molecule has 2 N–H and O–H groups in total. The molecule has 0 spiro atoms. The lowest BCUT2D eigenvalue weighted by Gasteiger charge is -2.26. The first kappa shape index (κ1) is 20.1. The molecule has 0 aliphatic carbocycles. The van der Waals surface area contributed by atoms with E-state index >= 15 is 0 Å². The third kappa shape index (κ3) is 3.96. The summed E-state index contributed by atoms with van der Waals surface area (Å²) in [5.41, 5.74) is 0.859. The number of urea groups is 1. The molecule has 0 atom stereocenters. The van der Waals surface area contributed by atoms with Crippen molar-refractivity contribution in [1.82, 2.24) is 5.32 Å². The molecule has 4 amide bonds. The average molecular weight is 397 g/mol. The third-order valence-electron chi connectivity index (χ3n) is 4.63. The zero-order valence-electron chi connectivity index (χ0n) is 16.0. The molecule has 1 aliphatic heterocycles. The first-order chi connectivity index (χ1) is 13.8. The zero-order valence-corrected chi connectivity index (χ0v) is 16.0. The molecule has 150 valence electrons. The van der Waals surface area contributed by atoms with E-state index in [4.69, 9.17) is 0 Å². The summed E-state index contributed by atoms with van der Waals surface area (Å²) in [6.45, 7) is 5.49. The van der Waals surface area contributed by atoms with Crippen molar-refractivity contribution >= 4 is 35.3 Å². The summed E-state index contributed by atoms with van der Waals surface area (Å²) in [6.07, 6.45) is 1.22. The fourth-order valence-electron chi connectivity index (χ4n) is 3.08. The lowest BCUT2D eigenvalue weighted by atomic mass is 10.1. The number of benzene rings is 2. The maximum Gasteiger partial charge on any atom is 0.335 e. The molecule has 0 radical (unpaired) electrons. The van der Waals surface area contributed by atoms with Crippen LogP contribution in [0.1, 0.15) is 19.4 Å². The van der Waals surface area contributed by atoms with Gasteiger partial charge in [-0.15, -0.1) is 0 Å². The van der Waals surface area contributed by atoms with Gasteiger partial charge in [0.2, 0.25) is 0 Å². The molecular formula is C21H20FN3O4. The van der Waals surface area contributed by atoms with Crippen LogP contribution in [0.15, 0.2) is 48.0 Å². The second-order valence-electron chi connectivity index (χ2n) is 6.35. The van der Waals surface area contributed by atoms with Gasteiger partial charge in [-0.05, 0) is 56.3 Å².